The zero-order valence-electron chi connectivity index (χ0n) is 14.6. The van der Waals surface area contributed by atoms with Crippen molar-refractivity contribution < 1.29 is 9.47 Å². The molecule has 23 heavy (non-hydrogen) atoms. The molecule has 0 bridgehead atoms. The van der Waals surface area contributed by atoms with Gasteiger partial charge in [-0.05, 0) is 41.7 Å². The maximum Gasteiger partial charge on any atom is 0.141 e. The van der Waals surface area contributed by atoms with Crippen LogP contribution in [0.2, 0.25) is 0 Å². The van der Waals surface area contributed by atoms with Gasteiger partial charge < -0.3 is 14.8 Å². The number of rotatable bonds is 8. The van der Waals surface area contributed by atoms with Gasteiger partial charge in [-0.1, -0.05) is 45.0 Å². The van der Waals surface area contributed by atoms with Crippen LogP contribution >= 0.6 is 0 Å². The Labute approximate surface area is 139 Å². The number of hydrogen-bond acceptors (Lipinski definition) is 3. The Bertz CT molecular complexity index is 605. The Morgan fingerprint density at radius 1 is 1.00 bits per heavy atom. The van der Waals surface area contributed by atoms with E-state index in [4.69, 9.17) is 9.47 Å². The summed E-state index contributed by atoms with van der Waals surface area (Å²) in [7, 11) is 1.68. The minimum Gasteiger partial charge on any atom is -0.495 e. The summed E-state index contributed by atoms with van der Waals surface area (Å²) >= 11 is 0. The Balaban J connectivity index is 1.83. The number of ether oxygens (including phenoxy) is 2. The molecule has 0 unspecified atom stereocenters. The highest BCUT2D eigenvalue weighted by Gasteiger charge is 2.17. The lowest BCUT2D eigenvalue weighted by atomic mass is 9.82. The first-order valence-electron chi connectivity index (χ1n) is 8.17. The third kappa shape index (κ3) is 4.65. The highest BCUT2D eigenvalue weighted by molar-refractivity contribution is 5.56. The van der Waals surface area contributed by atoms with Crippen LogP contribution in [0.1, 0.15) is 32.8 Å². The van der Waals surface area contributed by atoms with Gasteiger partial charge in [-0.15, -0.1) is 0 Å². The fourth-order valence-electron chi connectivity index (χ4n) is 2.35. The maximum atomic E-state index is 5.80. The summed E-state index contributed by atoms with van der Waals surface area (Å²) in [6, 6.07) is 16.3. The van der Waals surface area contributed by atoms with Crippen LogP contribution in [0.5, 0.6) is 11.5 Å². The van der Waals surface area contributed by atoms with Crippen LogP contribution in [0.25, 0.3) is 0 Å². The van der Waals surface area contributed by atoms with Gasteiger partial charge in [-0.25, -0.2) is 0 Å². The van der Waals surface area contributed by atoms with Gasteiger partial charge in [0, 0.05) is 6.54 Å². The smallest absolute Gasteiger partial charge is 0.141 e. The van der Waals surface area contributed by atoms with Gasteiger partial charge in [-0.2, -0.15) is 0 Å². The molecule has 124 valence electrons. The first-order valence-corrected chi connectivity index (χ1v) is 8.17. The third-order valence-corrected chi connectivity index (χ3v) is 4.31. The van der Waals surface area contributed by atoms with Gasteiger partial charge in [0.05, 0.1) is 12.8 Å². The van der Waals surface area contributed by atoms with Crippen molar-refractivity contribution in [2.75, 3.05) is 25.6 Å². The normalized spacial score (nSPS) is 11.1. The number of methoxy groups -OCH3 is 1. The Hall–Kier alpha value is -2.16. The molecular formula is C20H27NO2. The zero-order valence-corrected chi connectivity index (χ0v) is 14.6. The molecule has 3 nitrogen and oxygen atoms in total. The molecule has 2 rings (SSSR count). The minimum absolute atomic E-state index is 0.212. The molecule has 0 aliphatic rings. The summed E-state index contributed by atoms with van der Waals surface area (Å²) in [5, 5.41) is 3.33. The maximum absolute atomic E-state index is 5.80. The Morgan fingerprint density at radius 3 is 2.35 bits per heavy atom. The third-order valence-electron chi connectivity index (χ3n) is 4.31. The summed E-state index contributed by atoms with van der Waals surface area (Å²) in [6.07, 6.45) is 1.12. The van der Waals surface area contributed by atoms with Gasteiger partial charge in [0.2, 0.25) is 0 Å². The molecule has 0 amide bonds. The second-order valence-electron chi connectivity index (χ2n) is 6.24. The second kappa shape index (κ2) is 7.91. The van der Waals surface area contributed by atoms with Crippen molar-refractivity contribution in [1.82, 2.24) is 0 Å². The van der Waals surface area contributed by atoms with Gasteiger partial charge in [0.15, 0.2) is 0 Å². The fourth-order valence-corrected chi connectivity index (χ4v) is 2.35. The van der Waals surface area contributed by atoms with Crippen LogP contribution in [-0.4, -0.2) is 20.3 Å². The predicted molar refractivity (Wildman–Crippen MR) is 96.7 cm³/mol. The van der Waals surface area contributed by atoms with E-state index in [0.717, 1.165) is 30.2 Å². The first kappa shape index (κ1) is 17.2. The van der Waals surface area contributed by atoms with Crippen LogP contribution in [0, 0.1) is 0 Å². The molecule has 0 fully saturated rings. The number of anilines is 1. The molecule has 0 aliphatic carbocycles. The molecule has 0 aliphatic heterocycles. The van der Waals surface area contributed by atoms with E-state index in [9.17, 15) is 0 Å². The molecule has 1 N–H and O–H groups in total. The predicted octanol–water partition coefficient (Wildman–Crippen LogP) is 4.87. The van der Waals surface area contributed by atoms with Crippen molar-refractivity contribution >= 4 is 5.69 Å². The Kier molecular flexibility index (Phi) is 5.91. The summed E-state index contributed by atoms with van der Waals surface area (Å²) in [5.41, 5.74) is 2.54. The average Bonchev–Trinajstić information content (AvgIpc) is 2.59. The molecule has 0 heterocycles. The number of benzene rings is 2. The molecule has 0 radical (unpaired) electrons. The SMILES string of the molecule is CCC(C)(C)c1ccc(OCCNc2ccccc2OC)cc1. The quantitative estimate of drug-likeness (QED) is 0.705. The number of para-hydroxylation sites is 2. The van der Waals surface area contributed by atoms with Crippen molar-refractivity contribution in [3.8, 4) is 11.5 Å². The van der Waals surface area contributed by atoms with E-state index in [1.54, 1.807) is 7.11 Å². The first-order chi connectivity index (χ1) is 11.1. The molecular weight excluding hydrogens is 286 g/mol. The molecule has 0 spiro atoms. The Morgan fingerprint density at radius 2 is 1.70 bits per heavy atom. The lowest BCUT2D eigenvalue weighted by Gasteiger charge is -2.23. The monoisotopic (exact) mass is 313 g/mol. The van der Waals surface area contributed by atoms with Crippen LogP contribution in [0.15, 0.2) is 48.5 Å². The van der Waals surface area contributed by atoms with E-state index in [2.05, 4.69) is 50.4 Å². The summed E-state index contributed by atoms with van der Waals surface area (Å²) in [4.78, 5) is 0. The molecule has 0 saturated heterocycles. The summed E-state index contributed by atoms with van der Waals surface area (Å²) < 4.78 is 11.1. The largest absolute Gasteiger partial charge is 0.495 e. The van der Waals surface area contributed by atoms with E-state index >= 15 is 0 Å². The summed E-state index contributed by atoms with van der Waals surface area (Å²) in [5.74, 6) is 1.75. The average molecular weight is 313 g/mol. The standard InChI is InChI=1S/C20H27NO2/c1-5-20(2,3)16-10-12-17(13-11-16)23-15-14-21-18-8-6-7-9-19(18)22-4/h6-13,21H,5,14-15H2,1-4H3. The lowest BCUT2D eigenvalue weighted by molar-refractivity contribution is 0.332. The molecule has 2 aromatic carbocycles. The van der Waals surface area contributed by atoms with Crippen LogP contribution in [0.4, 0.5) is 5.69 Å². The van der Waals surface area contributed by atoms with Gasteiger partial charge in [-0.3, -0.25) is 0 Å². The highest BCUT2D eigenvalue weighted by atomic mass is 16.5. The van der Waals surface area contributed by atoms with Crippen molar-refractivity contribution in [3.05, 3.63) is 54.1 Å². The highest BCUT2D eigenvalue weighted by Crippen LogP contribution is 2.28. The van der Waals surface area contributed by atoms with Crippen molar-refractivity contribution in [1.29, 1.82) is 0 Å². The molecule has 0 saturated carbocycles. The number of hydrogen-bond donors (Lipinski definition) is 1. The molecule has 3 heteroatoms. The second-order valence-corrected chi connectivity index (χ2v) is 6.24. The van der Waals surface area contributed by atoms with E-state index in [0.29, 0.717) is 6.61 Å². The van der Waals surface area contributed by atoms with Crippen LogP contribution < -0.4 is 14.8 Å². The zero-order chi connectivity index (χ0) is 16.7. The van der Waals surface area contributed by atoms with Crippen molar-refractivity contribution in [2.45, 2.75) is 32.6 Å². The molecule has 2 aromatic rings. The van der Waals surface area contributed by atoms with Crippen LogP contribution in [-0.2, 0) is 5.41 Å². The fraction of sp³-hybridized carbons (Fsp3) is 0.400. The van der Waals surface area contributed by atoms with E-state index in [1.807, 2.05) is 24.3 Å². The van der Waals surface area contributed by atoms with E-state index in [1.165, 1.54) is 5.56 Å². The topological polar surface area (TPSA) is 30.5 Å². The van der Waals surface area contributed by atoms with Crippen molar-refractivity contribution in [3.63, 3.8) is 0 Å². The van der Waals surface area contributed by atoms with Crippen molar-refractivity contribution in [2.24, 2.45) is 0 Å². The van der Waals surface area contributed by atoms with E-state index < -0.39 is 0 Å². The summed E-state index contributed by atoms with van der Waals surface area (Å²) in [6.45, 7) is 8.07. The number of nitrogens with one attached hydrogen (secondary N) is 1. The lowest BCUT2D eigenvalue weighted by Crippen LogP contribution is -2.15. The van der Waals surface area contributed by atoms with Gasteiger partial charge >= 0.3 is 0 Å². The van der Waals surface area contributed by atoms with Gasteiger partial charge in [0.25, 0.3) is 0 Å². The van der Waals surface area contributed by atoms with Crippen LogP contribution in [0.3, 0.4) is 0 Å². The molecule has 0 atom stereocenters. The molecule has 0 aromatic heterocycles. The minimum atomic E-state index is 0.212. The van der Waals surface area contributed by atoms with E-state index in [-0.39, 0.29) is 5.41 Å². The van der Waals surface area contributed by atoms with Gasteiger partial charge in [0.1, 0.15) is 18.1 Å².